The Morgan fingerprint density at radius 3 is 2.47 bits per heavy atom. The first-order valence-corrected chi connectivity index (χ1v) is 11.3. The van der Waals surface area contributed by atoms with Crippen LogP contribution in [0.25, 0.3) is 22.4 Å². The van der Waals surface area contributed by atoms with Gasteiger partial charge in [0.05, 0.1) is 11.2 Å². The summed E-state index contributed by atoms with van der Waals surface area (Å²) in [5, 5.41) is 0.0917. The van der Waals surface area contributed by atoms with Crippen molar-refractivity contribution in [1.82, 2.24) is 24.5 Å². The maximum absolute atomic E-state index is 13.1. The standard InChI is InChI=1S/C20H18ClN7O3S/c1-11(2)28-18-14(10-24-20(22)26-18)25-17(19(28)29)12-7-8-16(23-9-12)27-32(30,31)15-6-4-3-5-13(15)21/h3-11H,1-2H3,(H,23,27)(H2,22,24,26). The number of fused-ring (bicyclic) bond motifs is 1. The molecule has 12 heteroatoms. The summed E-state index contributed by atoms with van der Waals surface area (Å²) in [6.07, 6.45) is 2.81. The van der Waals surface area contributed by atoms with Gasteiger partial charge in [0.15, 0.2) is 5.65 Å². The van der Waals surface area contributed by atoms with Crippen LogP contribution in [0, 0.1) is 0 Å². The lowest BCUT2D eigenvalue weighted by Crippen LogP contribution is -2.26. The molecule has 10 nitrogen and oxygen atoms in total. The molecule has 0 radical (unpaired) electrons. The Labute approximate surface area is 188 Å². The minimum Gasteiger partial charge on any atom is -0.368 e. The number of nitrogens with zero attached hydrogens (tertiary/aromatic N) is 5. The quantitative estimate of drug-likeness (QED) is 0.451. The summed E-state index contributed by atoms with van der Waals surface area (Å²) in [5.41, 5.74) is 6.56. The number of sulfonamides is 1. The predicted octanol–water partition coefficient (Wildman–Crippen LogP) is 2.87. The van der Waals surface area contributed by atoms with Gasteiger partial charge in [-0.1, -0.05) is 23.7 Å². The molecule has 3 N–H and O–H groups in total. The number of nitrogens with one attached hydrogen (secondary N) is 1. The molecule has 164 valence electrons. The van der Waals surface area contributed by atoms with Crippen molar-refractivity contribution in [3.8, 4) is 11.3 Å². The van der Waals surface area contributed by atoms with Crippen LogP contribution in [0.2, 0.25) is 5.02 Å². The molecule has 3 heterocycles. The van der Waals surface area contributed by atoms with Gasteiger partial charge in [-0.3, -0.25) is 14.1 Å². The SMILES string of the molecule is CC(C)n1c(=O)c(-c2ccc(NS(=O)(=O)c3ccccc3Cl)nc2)nc2cnc(N)nc21. The fraction of sp³-hybridized carbons (Fsp3) is 0.150. The first-order valence-electron chi connectivity index (χ1n) is 9.46. The van der Waals surface area contributed by atoms with Crippen LogP contribution < -0.4 is 16.0 Å². The number of nitrogens with two attached hydrogens (primary N) is 1. The number of nitrogen functional groups attached to an aromatic ring is 1. The largest absolute Gasteiger partial charge is 0.368 e. The summed E-state index contributed by atoms with van der Waals surface area (Å²) in [6.45, 7) is 3.68. The summed E-state index contributed by atoms with van der Waals surface area (Å²) in [4.78, 5) is 29.7. The van der Waals surface area contributed by atoms with Gasteiger partial charge in [0, 0.05) is 17.8 Å². The van der Waals surface area contributed by atoms with E-state index in [0.717, 1.165) is 0 Å². The van der Waals surface area contributed by atoms with Crippen molar-refractivity contribution < 1.29 is 8.42 Å². The van der Waals surface area contributed by atoms with Gasteiger partial charge in [0.25, 0.3) is 15.6 Å². The maximum Gasteiger partial charge on any atom is 0.279 e. The highest BCUT2D eigenvalue weighted by atomic mass is 35.5. The van der Waals surface area contributed by atoms with Crippen molar-refractivity contribution >= 4 is 44.6 Å². The molecule has 0 saturated carbocycles. The zero-order valence-corrected chi connectivity index (χ0v) is 18.6. The molecule has 0 atom stereocenters. The van der Waals surface area contributed by atoms with Crippen LogP contribution in [0.15, 0.2) is 58.5 Å². The molecule has 0 unspecified atom stereocenters. The van der Waals surface area contributed by atoms with Crippen LogP contribution in [0.5, 0.6) is 0 Å². The summed E-state index contributed by atoms with van der Waals surface area (Å²) in [5.74, 6) is 0.104. The van der Waals surface area contributed by atoms with E-state index in [-0.39, 0.29) is 39.0 Å². The molecule has 32 heavy (non-hydrogen) atoms. The summed E-state index contributed by atoms with van der Waals surface area (Å²) in [7, 11) is -3.93. The van der Waals surface area contributed by atoms with Crippen LogP contribution in [0.1, 0.15) is 19.9 Å². The second-order valence-electron chi connectivity index (χ2n) is 7.13. The zero-order chi connectivity index (χ0) is 23.0. The minimum atomic E-state index is -3.93. The van der Waals surface area contributed by atoms with Gasteiger partial charge in [-0.25, -0.2) is 23.4 Å². The van der Waals surface area contributed by atoms with E-state index in [1.165, 1.54) is 35.2 Å². The predicted molar refractivity (Wildman–Crippen MR) is 122 cm³/mol. The van der Waals surface area contributed by atoms with Crippen LogP contribution in [-0.4, -0.2) is 32.9 Å². The summed E-state index contributed by atoms with van der Waals surface area (Å²) in [6, 6.07) is 8.85. The molecule has 0 fully saturated rings. The van der Waals surface area contributed by atoms with Crippen LogP contribution in [0.4, 0.5) is 11.8 Å². The molecule has 0 amide bonds. The third-order valence-corrected chi connectivity index (χ3v) is 6.42. The number of aromatic nitrogens is 5. The van der Waals surface area contributed by atoms with Gasteiger partial charge in [-0.2, -0.15) is 4.98 Å². The smallest absolute Gasteiger partial charge is 0.279 e. The number of anilines is 2. The van der Waals surface area contributed by atoms with Crippen molar-refractivity contribution in [2.45, 2.75) is 24.8 Å². The lowest BCUT2D eigenvalue weighted by atomic mass is 10.2. The minimum absolute atomic E-state index is 0.0395. The van der Waals surface area contributed by atoms with Gasteiger partial charge < -0.3 is 5.73 Å². The highest BCUT2D eigenvalue weighted by Crippen LogP contribution is 2.24. The Balaban J connectivity index is 1.74. The lowest BCUT2D eigenvalue weighted by Gasteiger charge is -2.14. The number of hydrogen-bond acceptors (Lipinski definition) is 8. The average Bonchev–Trinajstić information content (AvgIpc) is 2.73. The molecule has 0 aliphatic heterocycles. The number of pyridine rings is 1. The fourth-order valence-electron chi connectivity index (χ4n) is 3.13. The van der Waals surface area contributed by atoms with Crippen molar-refractivity contribution in [1.29, 1.82) is 0 Å². The molecule has 0 aliphatic rings. The van der Waals surface area contributed by atoms with E-state index in [4.69, 9.17) is 17.3 Å². The Hall–Kier alpha value is -3.57. The maximum atomic E-state index is 13.1. The third kappa shape index (κ3) is 3.99. The number of halogens is 1. The second kappa shape index (κ2) is 8.17. The Morgan fingerprint density at radius 1 is 1.06 bits per heavy atom. The molecule has 3 aromatic heterocycles. The van der Waals surface area contributed by atoms with Crippen LogP contribution in [0.3, 0.4) is 0 Å². The first-order chi connectivity index (χ1) is 15.2. The Bertz CT molecular complexity index is 1490. The van der Waals surface area contributed by atoms with Gasteiger partial charge in [0.1, 0.15) is 21.9 Å². The molecule has 0 spiro atoms. The van der Waals surface area contributed by atoms with Crippen molar-refractivity contribution in [2.75, 3.05) is 10.5 Å². The molecular formula is C20H18ClN7O3S. The molecule has 4 aromatic rings. The molecule has 0 saturated heterocycles. The molecule has 1 aromatic carbocycles. The number of benzene rings is 1. The highest BCUT2D eigenvalue weighted by Gasteiger charge is 2.19. The first kappa shape index (κ1) is 21.7. The molecule has 0 bridgehead atoms. The van der Waals surface area contributed by atoms with E-state index in [1.54, 1.807) is 18.2 Å². The Morgan fingerprint density at radius 2 is 1.81 bits per heavy atom. The summed E-state index contributed by atoms with van der Waals surface area (Å²) < 4.78 is 29.0. The topological polar surface area (TPSA) is 146 Å². The fourth-order valence-corrected chi connectivity index (χ4v) is 4.66. The van der Waals surface area contributed by atoms with E-state index < -0.39 is 10.0 Å². The molecule has 4 rings (SSSR count). The monoisotopic (exact) mass is 471 g/mol. The van der Waals surface area contributed by atoms with E-state index in [9.17, 15) is 13.2 Å². The van der Waals surface area contributed by atoms with Gasteiger partial charge in [-0.05, 0) is 38.1 Å². The molecule has 0 aliphatic carbocycles. The van der Waals surface area contributed by atoms with Crippen molar-refractivity contribution in [3.63, 3.8) is 0 Å². The van der Waals surface area contributed by atoms with Crippen molar-refractivity contribution in [3.05, 3.63) is 64.2 Å². The van der Waals surface area contributed by atoms with Gasteiger partial charge >= 0.3 is 0 Å². The van der Waals surface area contributed by atoms with E-state index >= 15 is 0 Å². The average molecular weight is 472 g/mol. The van der Waals surface area contributed by atoms with E-state index in [0.29, 0.717) is 16.7 Å². The van der Waals surface area contributed by atoms with Crippen molar-refractivity contribution in [2.24, 2.45) is 0 Å². The lowest BCUT2D eigenvalue weighted by molar-refractivity contribution is 0.593. The van der Waals surface area contributed by atoms with E-state index in [2.05, 4.69) is 24.7 Å². The van der Waals surface area contributed by atoms with Gasteiger partial charge in [0.2, 0.25) is 5.95 Å². The number of rotatable bonds is 5. The van der Waals surface area contributed by atoms with E-state index in [1.807, 2.05) is 13.8 Å². The van der Waals surface area contributed by atoms with Crippen LogP contribution >= 0.6 is 11.6 Å². The normalized spacial score (nSPS) is 11.8. The summed E-state index contributed by atoms with van der Waals surface area (Å²) >= 11 is 5.99. The number of hydrogen-bond donors (Lipinski definition) is 2. The highest BCUT2D eigenvalue weighted by molar-refractivity contribution is 7.92. The molecular weight excluding hydrogens is 454 g/mol. The third-order valence-electron chi connectivity index (χ3n) is 4.57. The van der Waals surface area contributed by atoms with Crippen LogP contribution in [-0.2, 0) is 10.0 Å². The Kier molecular flexibility index (Phi) is 5.53. The van der Waals surface area contributed by atoms with Gasteiger partial charge in [-0.15, -0.1) is 0 Å². The zero-order valence-electron chi connectivity index (χ0n) is 17.0. The second-order valence-corrected chi connectivity index (χ2v) is 9.19.